The first-order chi connectivity index (χ1) is 25.7. The monoisotopic (exact) mass is 728 g/mol. The maximum absolute atomic E-state index is 14.4. The number of ether oxygens (including phenoxy) is 4. The van der Waals surface area contributed by atoms with Crippen LogP contribution >= 0.6 is 0 Å². The molecule has 0 radical (unpaired) electrons. The van der Waals surface area contributed by atoms with Crippen molar-refractivity contribution in [2.45, 2.75) is 39.1 Å². The smallest absolute Gasteiger partial charge is 0.290 e. The number of methoxy groups -OCH3 is 2. The molecule has 3 amide bonds. The van der Waals surface area contributed by atoms with Crippen molar-refractivity contribution >= 4 is 24.2 Å². The first-order valence-corrected chi connectivity index (χ1v) is 17.2. The van der Waals surface area contributed by atoms with Gasteiger partial charge in [0, 0.05) is 41.9 Å². The van der Waals surface area contributed by atoms with E-state index in [1.165, 1.54) is 7.11 Å². The van der Waals surface area contributed by atoms with Crippen molar-refractivity contribution in [3.63, 3.8) is 0 Å². The number of furan rings is 1. The van der Waals surface area contributed by atoms with Gasteiger partial charge in [0.05, 0.1) is 38.9 Å². The van der Waals surface area contributed by atoms with Gasteiger partial charge >= 0.3 is 0 Å². The predicted molar refractivity (Wildman–Crippen MR) is 194 cm³/mol. The average Bonchev–Trinajstić information content (AvgIpc) is 3.79. The number of fused-ring (bicyclic) bond motifs is 7. The summed E-state index contributed by atoms with van der Waals surface area (Å²) >= 11 is 0. The van der Waals surface area contributed by atoms with Crippen molar-refractivity contribution in [2.75, 3.05) is 47.0 Å². The Bertz CT molecular complexity index is 1890. The number of carboxylic acid groups (broad SMARTS) is 1. The van der Waals surface area contributed by atoms with E-state index < -0.39 is 18.1 Å². The summed E-state index contributed by atoms with van der Waals surface area (Å²) in [5.74, 6) is 1.88. The van der Waals surface area contributed by atoms with Gasteiger partial charge in [-0.1, -0.05) is 44.2 Å². The summed E-state index contributed by atoms with van der Waals surface area (Å²) in [6.07, 6.45) is -0.614. The number of rotatable bonds is 8. The number of nitrogens with one attached hydrogen (secondary N) is 2. The van der Waals surface area contributed by atoms with Gasteiger partial charge in [-0.15, -0.1) is 0 Å². The molecule has 4 heterocycles. The fourth-order valence-electron chi connectivity index (χ4n) is 6.19. The highest BCUT2D eigenvalue weighted by molar-refractivity contribution is 6.00. The lowest BCUT2D eigenvalue weighted by Crippen LogP contribution is -2.45. The molecule has 3 N–H and O–H groups in total. The summed E-state index contributed by atoms with van der Waals surface area (Å²) in [5, 5.41) is 12.8. The molecule has 3 aliphatic rings. The Morgan fingerprint density at radius 2 is 1.72 bits per heavy atom. The molecule has 1 aromatic heterocycles. The van der Waals surface area contributed by atoms with Crippen molar-refractivity contribution in [1.82, 2.24) is 20.4 Å². The molecule has 4 bridgehead atoms. The molecule has 0 spiro atoms. The van der Waals surface area contributed by atoms with E-state index in [1.54, 1.807) is 42.3 Å². The van der Waals surface area contributed by atoms with E-state index in [-0.39, 0.29) is 50.1 Å². The zero-order valence-corrected chi connectivity index (χ0v) is 30.1. The van der Waals surface area contributed by atoms with Gasteiger partial charge in [0.25, 0.3) is 24.2 Å². The number of nitrogens with zero attached hydrogens (tertiary/aromatic N) is 2. The Labute approximate surface area is 307 Å². The number of carbonyl (C=O) groups is 4. The zero-order valence-electron chi connectivity index (χ0n) is 30.1. The zero-order chi connectivity index (χ0) is 37.9. The number of likely N-dealkylation sites (tertiary alicyclic amines) is 1. The van der Waals surface area contributed by atoms with Crippen molar-refractivity contribution in [3.05, 3.63) is 95.2 Å². The van der Waals surface area contributed by atoms with Gasteiger partial charge in [-0.05, 0) is 43.4 Å². The van der Waals surface area contributed by atoms with Crippen LogP contribution in [0.1, 0.15) is 45.9 Å². The lowest BCUT2D eigenvalue weighted by atomic mass is 10.1. The lowest BCUT2D eigenvalue weighted by molar-refractivity contribution is -0.123. The molecule has 1 saturated heterocycles. The highest BCUT2D eigenvalue weighted by atomic mass is 16.5. The van der Waals surface area contributed by atoms with E-state index in [0.29, 0.717) is 46.6 Å². The summed E-state index contributed by atoms with van der Waals surface area (Å²) in [7, 11) is 3.02. The molecule has 7 rings (SSSR count). The molecule has 14 heteroatoms. The van der Waals surface area contributed by atoms with Gasteiger partial charge in [0.15, 0.2) is 6.61 Å². The van der Waals surface area contributed by atoms with Crippen LogP contribution in [0.15, 0.2) is 77.2 Å². The summed E-state index contributed by atoms with van der Waals surface area (Å²) in [4.78, 5) is 53.0. The van der Waals surface area contributed by atoms with Gasteiger partial charge in [0.2, 0.25) is 0 Å². The SMILES string of the molecule is CCN(CC)Cc1cc(C(=O)N2C[C@@H]3NC(=O)c4cc(OC)cc(c4)OCC(=O)NCc4ccc(cc4OC)O[C@H]3C2)c(-c2ccccc2)o1.O=CO. The molecule has 0 saturated carbocycles. The maximum atomic E-state index is 14.4. The van der Waals surface area contributed by atoms with Gasteiger partial charge in [-0.2, -0.15) is 0 Å². The molecular formula is C39H44N4O10. The van der Waals surface area contributed by atoms with Gasteiger partial charge < -0.3 is 44.0 Å². The fourth-order valence-corrected chi connectivity index (χ4v) is 6.19. The molecule has 2 atom stereocenters. The second-order valence-electron chi connectivity index (χ2n) is 12.3. The summed E-state index contributed by atoms with van der Waals surface area (Å²) in [5.41, 5.74) is 2.25. The van der Waals surface area contributed by atoms with Crippen LogP contribution in [0.3, 0.4) is 0 Å². The van der Waals surface area contributed by atoms with Crippen LogP contribution in [0, 0.1) is 0 Å². The highest BCUT2D eigenvalue weighted by Crippen LogP contribution is 2.32. The number of benzene rings is 3. The first kappa shape index (κ1) is 38.2. The van der Waals surface area contributed by atoms with Crippen LogP contribution in [-0.2, 0) is 22.7 Å². The third kappa shape index (κ3) is 9.46. The first-order valence-electron chi connectivity index (χ1n) is 17.2. The Balaban J connectivity index is 0.00000175. The Kier molecular flexibility index (Phi) is 12.9. The minimum Gasteiger partial charge on any atom is -0.497 e. The van der Waals surface area contributed by atoms with E-state index in [4.69, 9.17) is 33.3 Å². The number of hydrogen-bond donors (Lipinski definition) is 3. The van der Waals surface area contributed by atoms with Crippen LogP contribution in [0.25, 0.3) is 11.3 Å². The normalized spacial score (nSPS) is 16.9. The average molecular weight is 729 g/mol. The van der Waals surface area contributed by atoms with E-state index in [2.05, 4.69) is 29.4 Å². The molecule has 280 valence electrons. The molecular weight excluding hydrogens is 684 g/mol. The molecule has 53 heavy (non-hydrogen) atoms. The molecule has 0 aliphatic carbocycles. The number of amides is 3. The third-order valence-electron chi connectivity index (χ3n) is 8.96. The molecule has 4 aromatic rings. The minimum absolute atomic E-state index is 0.182. The van der Waals surface area contributed by atoms with Crippen LogP contribution in [0.4, 0.5) is 0 Å². The largest absolute Gasteiger partial charge is 0.497 e. The molecule has 3 aliphatic heterocycles. The van der Waals surface area contributed by atoms with Gasteiger partial charge in [-0.3, -0.25) is 24.1 Å². The van der Waals surface area contributed by atoms with Gasteiger partial charge in [0.1, 0.15) is 40.6 Å². The van der Waals surface area contributed by atoms with Gasteiger partial charge in [-0.25, -0.2) is 0 Å². The topological polar surface area (TPSA) is 169 Å². The second kappa shape index (κ2) is 18.0. The van der Waals surface area contributed by atoms with E-state index in [0.717, 1.165) is 24.2 Å². The lowest BCUT2D eigenvalue weighted by Gasteiger charge is -2.22. The molecule has 1 fully saturated rings. The minimum atomic E-state index is -0.614. The molecule has 0 unspecified atom stereocenters. The van der Waals surface area contributed by atoms with Crippen molar-refractivity contribution in [3.8, 4) is 34.3 Å². The quantitative estimate of drug-likeness (QED) is 0.222. The van der Waals surface area contributed by atoms with Crippen molar-refractivity contribution in [2.24, 2.45) is 0 Å². The van der Waals surface area contributed by atoms with Crippen LogP contribution in [0.2, 0.25) is 0 Å². The third-order valence-corrected chi connectivity index (χ3v) is 8.96. The standard InChI is InChI=1S/C38H42N4O8.CH2O2/c1-5-41(6-2)20-30-17-31(36(50-30)24-10-8-7-9-11-24)38(45)42-21-32-34(22-42)49-27-13-12-25(33(18-27)47-4)19-39-35(43)23-48-29-15-26(37(44)40-32)14-28(16-29)46-3;2-1-3/h7-18,32,34H,5-6,19-23H2,1-4H3,(H,39,43)(H,40,44);1H,(H,2,3)/t32-,34-;/m0./s1. The Morgan fingerprint density at radius 3 is 2.42 bits per heavy atom. The van der Waals surface area contributed by atoms with Crippen LogP contribution < -0.4 is 29.6 Å². The molecule has 3 aromatic carbocycles. The summed E-state index contributed by atoms with van der Waals surface area (Å²) in [6, 6.07) is 20.9. The maximum Gasteiger partial charge on any atom is 0.290 e. The Hall–Kier alpha value is -6.02. The highest BCUT2D eigenvalue weighted by Gasteiger charge is 2.40. The number of hydrogen-bond acceptors (Lipinski definition) is 10. The summed E-state index contributed by atoms with van der Waals surface area (Å²) < 4.78 is 29.6. The fraction of sp³-hybridized carbons (Fsp3) is 0.333. The van der Waals surface area contributed by atoms with Crippen LogP contribution in [-0.4, -0.2) is 98.3 Å². The molecule has 14 nitrogen and oxygen atoms in total. The second-order valence-corrected chi connectivity index (χ2v) is 12.3. The van der Waals surface area contributed by atoms with Crippen molar-refractivity contribution < 1.29 is 47.6 Å². The van der Waals surface area contributed by atoms with E-state index in [9.17, 15) is 14.4 Å². The predicted octanol–water partition coefficient (Wildman–Crippen LogP) is 4.22. The summed E-state index contributed by atoms with van der Waals surface area (Å²) in [6.45, 7) is 6.49. The Morgan fingerprint density at radius 1 is 0.962 bits per heavy atom. The van der Waals surface area contributed by atoms with E-state index >= 15 is 0 Å². The van der Waals surface area contributed by atoms with Crippen LogP contribution in [0.5, 0.6) is 23.0 Å². The number of carbonyl (C=O) groups excluding carboxylic acids is 3. The van der Waals surface area contributed by atoms with Crippen molar-refractivity contribution in [1.29, 1.82) is 0 Å². The van der Waals surface area contributed by atoms with E-state index in [1.807, 2.05) is 42.5 Å².